The van der Waals surface area contributed by atoms with E-state index in [1.54, 1.807) is 24.3 Å². The van der Waals surface area contributed by atoms with Crippen molar-refractivity contribution in [2.24, 2.45) is 4.99 Å². The number of hydrogen-bond acceptors (Lipinski definition) is 4. The molecular formula is C10H10N2O2. The monoisotopic (exact) mass is 190 g/mol. The predicted octanol–water partition coefficient (Wildman–Crippen LogP) is 1.10. The van der Waals surface area contributed by atoms with Gasteiger partial charge in [0.25, 0.3) is 0 Å². The fourth-order valence-corrected chi connectivity index (χ4v) is 1.17. The Morgan fingerprint density at radius 1 is 1.36 bits per heavy atom. The molecule has 0 amide bonds. The van der Waals surface area contributed by atoms with Gasteiger partial charge in [0.2, 0.25) is 0 Å². The molecule has 0 aliphatic carbocycles. The van der Waals surface area contributed by atoms with Gasteiger partial charge >= 0.3 is 5.97 Å². The fraction of sp³-hybridized carbons (Fsp3) is 0.200. The van der Waals surface area contributed by atoms with Crippen molar-refractivity contribution in [3.63, 3.8) is 0 Å². The third-order valence-electron chi connectivity index (χ3n) is 1.87. The van der Waals surface area contributed by atoms with Crippen LogP contribution in [-0.4, -0.2) is 30.5 Å². The molecule has 0 unspecified atom stereocenters. The van der Waals surface area contributed by atoms with E-state index in [1.807, 2.05) is 6.07 Å². The Hall–Kier alpha value is -1.84. The van der Waals surface area contributed by atoms with Gasteiger partial charge in [-0.1, -0.05) is 18.2 Å². The smallest absolute Gasteiger partial charge is 0.334 e. The number of carbonyl (C=O) groups is 1. The summed E-state index contributed by atoms with van der Waals surface area (Å²) in [6.45, 7) is 1.32. The Bertz CT molecular complexity index is 348. The molecule has 1 aromatic rings. The highest BCUT2D eigenvalue weighted by Crippen LogP contribution is 2.03. The number of hydrogen-bond donors (Lipinski definition) is 0. The highest BCUT2D eigenvalue weighted by atomic mass is 16.7. The summed E-state index contributed by atoms with van der Waals surface area (Å²) in [5.74, 6) is -0.348. The van der Waals surface area contributed by atoms with Crippen molar-refractivity contribution in [1.82, 2.24) is 5.06 Å². The van der Waals surface area contributed by atoms with Crippen LogP contribution in [0.5, 0.6) is 0 Å². The number of nitrogens with zero attached hydrogens (tertiary/aromatic N) is 2. The molecule has 14 heavy (non-hydrogen) atoms. The second-order valence-electron chi connectivity index (χ2n) is 2.91. The first kappa shape index (κ1) is 8.74. The summed E-state index contributed by atoms with van der Waals surface area (Å²) < 4.78 is 0. The maximum Gasteiger partial charge on any atom is 0.363 e. The molecule has 2 rings (SSSR count). The molecular weight excluding hydrogens is 180 g/mol. The third-order valence-corrected chi connectivity index (χ3v) is 1.87. The Morgan fingerprint density at radius 3 is 2.79 bits per heavy atom. The second-order valence-corrected chi connectivity index (χ2v) is 2.91. The fourth-order valence-electron chi connectivity index (χ4n) is 1.17. The van der Waals surface area contributed by atoms with E-state index in [0.29, 0.717) is 18.7 Å². The van der Waals surface area contributed by atoms with Gasteiger partial charge in [-0.2, -0.15) is 5.06 Å². The number of benzene rings is 1. The summed E-state index contributed by atoms with van der Waals surface area (Å²) in [5.41, 5.74) is 0.549. The molecule has 72 valence electrons. The van der Waals surface area contributed by atoms with Crippen LogP contribution < -0.4 is 0 Å². The van der Waals surface area contributed by atoms with Crippen molar-refractivity contribution < 1.29 is 9.63 Å². The van der Waals surface area contributed by atoms with E-state index < -0.39 is 0 Å². The third kappa shape index (κ3) is 1.90. The van der Waals surface area contributed by atoms with Gasteiger partial charge in [-0.25, -0.2) is 4.79 Å². The summed E-state index contributed by atoms with van der Waals surface area (Å²) in [6.07, 6.45) is 1.53. The van der Waals surface area contributed by atoms with Crippen LogP contribution in [0, 0.1) is 0 Å². The number of carbonyl (C=O) groups excluding carboxylic acids is 1. The Morgan fingerprint density at radius 2 is 2.14 bits per heavy atom. The van der Waals surface area contributed by atoms with E-state index in [2.05, 4.69) is 4.99 Å². The molecule has 4 nitrogen and oxygen atoms in total. The Balaban J connectivity index is 1.99. The molecule has 1 aromatic carbocycles. The average molecular weight is 190 g/mol. The van der Waals surface area contributed by atoms with Gasteiger partial charge < -0.3 is 4.84 Å². The quantitative estimate of drug-likeness (QED) is 0.701. The molecule has 0 atom stereocenters. The van der Waals surface area contributed by atoms with Crippen molar-refractivity contribution >= 4 is 12.3 Å². The first-order valence-electron chi connectivity index (χ1n) is 4.40. The highest BCUT2D eigenvalue weighted by Gasteiger charge is 2.13. The van der Waals surface area contributed by atoms with Crippen molar-refractivity contribution in [2.75, 3.05) is 13.1 Å². The maximum atomic E-state index is 11.5. The SMILES string of the molecule is O=C(ON1C=NCC1)c1ccccc1. The minimum atomic E-state index is -0.348. The van der Waals surface area contributed by atoms with Crippen molar-refractivity contribution in [2.45, 2.75) is 0 Å². The molecule has 1 heterocycles. The lowest BCUT2D eigenvalue weighted by molar-refractivity contribution is -0.0454. The van der Waals surface area contributed by atoms with E-state index in [1.165, 1.54) is 11.4 Å². The van der Waals surface area contributed by atoms with Gasteiger partial charge in [0.15, 0.2) is 0 Å². The van der Waals surface area contributed by atoms with Crippen LogP contribution in [0.15, 0.2) is 35.3 Å². The van der Waals surface area contributed by atoms with Crippen LogP contribution in [0.1, 0.15) is 10.4 Å². The number of aliphatic imine (C=N–C) groups is 1. The van der Waals surface area contributed by atoms with E-state index >= 15 is 0 Å². The highest BCUT2D eigenvalue weighted by molar-refractivity contribution is 5.89. The minimum Gasteiger partial charge on any atom is -0.334 e. The number of hydroxylamine groups is 2. The molecule has 0 bridgehead atoms. The van der Waals surface area contributed by atoms with E-state index in [9.17, 15) is 4.79 Å². The normalized spacial score (nSPS) is 14.4. The average Bonchev–Trinajstić information content (AvgIpc) is 2.72. The standard InChI is InChI=1S/C10H10N2O2/c13-10(9-4-2-1-3-5-9)14-12-7-6-11-8-12/h1-5,8H,6-7H2. The minimum absolute atomic E-state index is 0.348. The van der Waals surface area contributed by atoms with Crippen LogP contribution >= 0.6 is 0 Å². The van der Waals surface area contributed by atoms with Gasteiger partial charge in [-0.05, 0) is 12.1 Å². The summed E-state index contributed by atoms with van der Waals surface area (Å²) in [6, 6.07) is 8.89. The lowest BCUT2D eigenvalue weighted by Crippen LogP contribution is -2.24. The zero-order valence-electron chi connectivity index (χ0n) is 7.59. The van der Waals surface area contributed by atoms with Gasteiger partial charge in [0.1, 0.15) is 6.34 Å². The summed E-state index contributed by atoms with van der Waals surface area (Å²) in [7, 11) is 0. The molecule has 4 heteroatoms. The van der Waals surface area contributed by atoms with Crippen LogP contribution in [0.4, 0.5) is 0 Å². The summed E-state index contributed by atoms with van der Waals surface area (Å²) >= 11 is 0. The van der Waals surface area contributed by atoms with Crippen LogP contribution in [0.25, 0.3) is 0 Å². The van der Waals surface area contributed by atoms with Crippen molar-refractivity contribution in [1.29, 1.82) is 0 Å². The topological polar surface area (TPSA) is 41.9 Å². The Labute approximate surface area is 81.8 Å². The van der Waals surface area contributed by atoms with E-state index in [0.717, 1.165) is 0 Å². The lowest BCUT2D eigenvalue weighted by atomic mass is 10.2. The molecule has 0 saturated heterocycles. The zero-order chi connectivity index (χ0) is 9.80. The molecule has 0 fully saturated rings. The molecule has 0 spiro atoms. The van der Waals surface area contributed by atoms with Gasteiger partial charge in [0.05, 0.1) is 18.7 Å². The van der Waals surface area contributed by atoms with Gasteiger partial charge in [-0.3, -0.25) is 4.99 Å². The summed E-state index contributed by atoms with van der Waals surface area (Å²) in [5, 5.41) is 1.44. The van der Waals surface area contributed by atoms with Crippen molar-refractivity contribution in [3.8, 4) is 0 Å². The molecule has 0 radical (unpaired) electrons. The second kappa shape index (κ2) is 3.91. The first-order valence-corrected chi connectivity index (χ1v) is 4.40. The zero-order valence-corrected chi connectivity index (χ0v) is 7.59. The molecule has 0 saturated carbocycles. The predicted molar refractivity (Wildman–Crippen MR) is 51.9 cm³/mol. The van der Waals surface area contributed by atoms with E-state index in [4.69, 9.17) is 4.84 Å². The van der Waals surface area contributed by atoms with Gasteiger partial charge in [-0.15, -0.1) is 0 Å². The van der Waals surface area contributed by atoms with Crippen LogP contribution in [-0.2, 0) is 4.84 Å². The Kier molecular flexibility index (Phi) is 2.44. The van der Waals surface area contributed by atoms with E-state index in [-0.39, 0.29) is 5.97 Å². The van der Waals surface area contributed by atoms with Crippen LogP contribution in [0.3, 0.4) is 0 Å². The van der Waals surface area contributed by atoms with Crippen molar-refractivity contribution in [3.05, 3.63) is 35.9 Å². The largest absolute Gasteiger partial charge is 0.363 e. The van der Waals surface area contributed by atoms with Gasteiger partial charge in [0, 0.05) is 0 Å². The van der Waals surface area contributed by atoms with Crippen LogP contribution in [0.2, 0.25) is 0 Å². The molecule has 0 N–H and O–H groups in total. The maximum absolute atomic E-state index is 11.5. The lowest BCUT2D eigenvalue weighted by Gasteiger charge is -2.12. The molecule has 1 aliphatic rings. The molecule has 1 aliphatic heterocycles. The number of rotatable bonds is 2. The summed E-state index contributed by atoms with van der Waals surface area (Å²) in [4.78, 5) is 20.5. The molecule has 0 aromatic heterocycles. The first-order chi connectivity index (χ1) is 6.86.